The van der Waals surface area contributed by atoms with Gasteiger partial charge in [-0.2, -0.15) is 0 Å². The third-order valence-corrected chi connectivity index (χ3v) is 5.70. The molecule has 2 atom stereocenters. The Labute approximate surface area is 163 Å². The second-order valence-electron chi connectivity index (χ2n) is 6.32. The monoisotopic (exact) mass is 384 g/mol. The molecule has 2 heterocycles. The minimum Gasteiger partial charge on any atom is -0.326 e. The zero-order valence-corrected chi connectivity index (χ0v) is 15.9. The van der Waals surface area contributed by atoms with Gasteiger partial charge in [0, 0.05) is 29.6 Å². The predicted octanol–water partition coefficient (Wildman–Crippen LogP) is 4.78. The van der Waals surface area contributed by atoms with Crippen molar-refractivity contribution in [3.8, 4) is 11.1 Å². The Morgan fingerprint density at radius 1 is 0.962 bits per heavy atom. The van der Waals surface area contributed by atoms with Crippen LogP contribution in [0.25, 0.3) is 11.1 Å². The van der Waals surface area contributed by atoms with Gasteiger partial charge in [-0.05, 0) is 34.7 Å². The molecular formula is C21H21ClN2OS. The Kier molecular flexibility index (Phi) is 6.09. The van der Waals surface area contributed by atoms with Crippen LogP contribution in [0.4, 0.5) is 5.69 Å². The summed E-state index contributed by atoms with van der Waals surface area (Å²) >= 11 is 1.73. The fourth-order valence-corrected chi connectivity index (χ4v) is 4.29. The van der Waals surface area contributed by atoms with E-state index in [1.165, 1.54) is 4.88 Å². The Bertz CT molecular complexity index is 851. The van der Waals surface area contributed by atoms with Gasteiger partial charge in [0.05, 0.1) is 5.92 Å². The summed E-state index contributed by atoms with van der Waals surface area (Å²) in [5.74, 6) is 0.324. The van der Waals surface area contributed by atoms with Crippen LogP contribution >= 0.6 is 23.7 Å². The highest BCUT2D eigenvalue weighted by Gasteiger charge is 2.34. The van der Waals surface area contributed by atoms with Crippen molar-refractivity contribution in [2.45, 2.75) is 5.92 Å². The van der Waals surface area contributed by atoms with Gasteiger partial charge in [0.25, 0.3) is 0 Å². The molecule has 1 fully saturated rings. The van der Waals surface area contributed by atoms with Crippen LogP contribution in [0.3, 0.4) is 0 Å². The summed E-state index contributed by atoms with van der Waals surface area (Å²) in [6.45, 7) is 1.59. The van der Waals surface area contributed by atoms with Crippen LogP contribution in [0.2, 0.25) is 0 Å². The fourth-order valence-electron chi connectivity index (χ4n) is 3.40. The van der Waals surface area contributed by atoms with E-state index in [-0.39, 0.29) is 30.2 Å². The molecule has 134 valence electrons. The molecule has 1 saturated heterocycles. The number of thiophene rings is 1. The van der Waals surface area contributed by atoms with Gasteiger partial charge < -0.3 is 10.6 Å². The lowest BCUT2D eigenvalue weighted by molar-refractivity contribution is -0.119. The second-order valence-corrected chi connectivity index (χ2v) is 7.30. The first kappa shape index (κ1) is 18.6. The van der Waals surface area contributed by atoms with Crippen LogP contribution in [0, 0.1) is 5.92 Å². The maximum absolute atomic E-state index is 12.8. The van der Waals surface area contributed by atoms with E-state index < -0.39 is 0 Å². The van der Waals surface area contributed by atoms with Gasteiger partial charge in [0.1, 0.15) is 0 Å². The van der Waals surface area contributed by atoms with E-state index in [0.717, 1.165) is 29.9 Å². The van der Waals surface area contributed by atoms with Gasteiger partial charge in [-0.1, -0.05) is 48.5 Å². The van der Waals surface area contributed by atoms with E-state index >= 15 is 0 Å². The third-order valence-electron chi connectivity index (χ3n) is 4.70. The quantitative estimate of drug-likeness (QED) is 0.679. The van der Waals surface area contributed by atoms with Gasteiger partial charge >= 0.3 is 0 Å². The van der Waals surface area contributed by atoms with Gasteiger partial charge in [-0.3, -0.25) is 4.79 Å². The molecule has 1 aromatic heterocycles. The lowest BCUT2D eigenvalue weighted by atomic mass is 9.93. The molecule has 0 unspecified atom stereocenters. The van der Waals surface area contributed by atoms with Crippen LogP contribution < -0.4 is 10.6 Å². The standard InChI is InChI=1S/C21H20N2OS.ClH/c24-21(19-14-22-13-18(19)20-10-5-11-25-20)23-17-9-4-8-16(12-17)15-6-2-1-3-7-15;/h1-12,18-19,22H,13-14H2,(H,23,24);1H/t18-,19-;/m0./s1. The van der Waals surface area contributed by atoms with Crippen molar-refractivity contribution < 1.29 is 4.79 Å². The van der Waals surface area contributed by atoms with Crippen LogP contribution in [-0.2, 0) is 4.79 Å². The Morgan fingerprint density at radius 3 is 2.54 bits per heavy atom. The Balaban J connectivity index is 0.00000196. The number of halogens is 1. The number of carbonyl (C=O) groups is 1. The summed E-state index contributed by atoms with van der Waals surface area (Å²) in [6.07, 6.45) is 0. The summed E-state index contributed by atoms with van der Waals surface area (Å²) in [5, 5.41) is 8.55. The van der Waals surface area contributed by atoms with E-state index in [2.05, 4.69) is 46.3 Å². The molecular weight excluding hydrogens is 364 g/mol. The predicted molar refractivity (Wildman–Crippen MR) is 111 cm³/mol. The highest BCUT2D eigenvalue weighted by molar-refractivity contribution is 7.10. The molecule has 5 heteroatoms. The van der Waals surface area contributed by atoms with E-state index in [1.54, 1.807) is 11.3 Å². The molecule has 0 saturated carbocycles. The summed E-state index contributed by atoms with van der Waals surface area (Å²) in [5.41, 5.74) is 3.11. The van der Waals surface area contributed by atoms with E-state index in [0.29, 0.717) is 0 Å². The number of anilines is 1. The molecule has 2 N–H and O–H groups in total. The van der Waals surface area contributed by atoms with E-state index in [1.807, 2.05) is 36.4 Å². The molecule has 3 nitrogen and oxygen atoms in total. The average Bonchev–Trinajstić information content (AvgIpc) is 3.34. The first-order chi connectivity index (χ1) is 12.3. The number of nitrogens with one attached hydrogen (secondary N) is 2. The summed E-state index contributed by atoms with van der Waals surface area (Å²) in [6, 6.07) is 22.4. The molecule has 0 bridgehead atoms. The molecule has 1 aliphatic heterocycles. The second kappa shape index (κ2) is 8.49. The minimum atomic E-state index is -0.0287. The van der Waals surface area contributed by atoms with Crippen molar-refractivity contribution in [3.63, 3.8) is 0 Å². The van der Waals surface area contributed by atoms with Crippen LogP contribution in [0.15, 0.2) is 72.1 Å². The summed E-state index contributed by atoms with van der Waals surface area (Å²) < 4.78 is 0. The summed E-state index contributed by atoms with van der Waals surface area (Å²) in [7, 11) is 0. The molecule has 26 heavy (non-hydrogen) atoms. The van der Waals surface area contributed by atoms with Crippen LogP contribution in [0.5, 0.6) is 0 Å². The highest BCUT2D eigenvalue weighted by Crippen LogP contribution is 2.32. The van der Waals surface area contributed by atoms with Gasteiger partial charge in [-0.15, -0.1) is 23.7 Å². The van der Waals surface area contributed by atoms with Gasteiger partial charge in [0.2, 0.25) is 5.91 Å². The number of hydrogen-bond acceptors (Lipinski definition) is 3. The first-order valence-electron chi connectivity index (χ1n) is 8.52. The smallest absolute Gasteiger partial charge is 0.229 e. The third kappa shape index (κ3) is 3.98. The average molecular weight is 385 g/mol. The SMILES string of the molecule is Cl.O=C(Nc1cccc(-c2ccccc2)c1)[C@H]1CNC[C@@H]1c1cccs1. The van der Waals surface area contributed by atoms with Crippen molar-refractivity contribution in [2.24, 2.45) is 5.92 Å². The minimum absolute atomic E-state index is 0. The van der Waals surface area contributed by atoms with E-state index in [9.17, 15) is 4.79 Å². The molecule has 0 aliphatic carbocycles. The molecule has 1 amide bonds. The van der Waals surface area contributed by atoms with Gasteiger partial charge in [-0.25, -0.2) is 0 Å². The maximum Gasteiger partial charge on any atom is 0.229 e. The first-order valence-corrected chi connectivity index (χ1v) is 9.40. The van der Waals surface area contributed by atoms with Crippen molar-refractivity contribution in [1.82, 2.24) is 5.32 Å². The van der Waals surface area contributed by atoms with Crippen molar-refractivity contribution in [2.75, 3.05) is 18.4 Å². The normalized spacial score (nSPS) is 18.9. The molecule has 3 aromatic rings. The number of amides is 1. The molecule has 1 aliphatic rings. The topological polar surface area (TPSA) is 41.1 Å². The Hall–Kier alpha value is -2.14. The number of benzene rings is 2. The molecule has 4 rings (SSSR count). The van der Waals surface area contributed by atoms with Crippen molar-refractivity contribution >= 4 is 35.3 Å². The lowest BCUT2D eigenvalue weighted by Gasteiger charge is -2.17. The zero-order chi connectivity index (χ0) is 17.1. The number of rotatable bonds is 4. The fraction of sp³-hybridized carbons (Fsp3) is 0.190. The Morgan fingerprint density at radius 2 is 1.77 bits per heavy atom. The molecule has 2 aromatic carbocycles. The number of hydrogen-bond donors (Lipinski definition) is 2. The van der Waals surface area contributed by atoms with E-state index in [4.69, 9.17) is 0 Å². The van der Waals surface area contributed by atoms with Crippen molar-refractivity contribution in [3.05, 3.63) is 77.0 Å². The van der Waals surface area contributed by atoms with Crippen LogP contribution in [-0.4, -0.2) is 19.0 Å². The van der Waals surface area contributed by atoms with Crippen LogP contribution in [0.1, 0.15) is 10.8 Å². The molecule has 0 spiro atoms. The zero-order valence-electron chi connectivity index (χ0n) is 14.2. The maximum atomic E-state index is 12.8. The van der Waals surface area contributed by atoms with Gasteiger partial charge in [0.15, 0.2) is 0 Å². The van der Waals surface area contributed by atoms with Crippen molar-refractivity contribution in [1.29, 1.82) is 0 Å². The summed E-state index contributed by atoms with van der Waals surface area (Å²) in [4.78, 5) is 14.1. The molecule has 0 radical (unpaired) electrons. The lowest BCUT2D eigenvalue weighted by Crippen LogP contribution is -2.27. The number of carbonyl (C=O) groups excluding carboxylic acids is 1. The largest absolute Gasteiger partial charge is 0.326 e. The highest BCUT2D eigenvalue weighted by atomic mass is 35.5.